The summed E-state index contributed by atoms with van der Waals surface area (Å²) in [6.07, 6.45) is 5.78. The van der Waals surface area contributed by atoms with Crippen LogP contribution in [0.5, 0.6) is 0 Å². The van der Waals surface area contributed by atoms with Gasteiger partial charge in [0.05, 0.1) is 6.54 Å². The molecule has 0 spiro atoms. The van der Waals surface area contributed by atoms with E-state index in [0.29, 0.717) is 18.8 Å². The third-order valence-electron chi connectivity index (χ3n) is 5.69. The van der Waals surface area contributed by atoms with Gasteiger partial charge >= 0.3 is 0 Å². The maximum absolute atomic E-state index is 13.2. The Labute approximate surface area is 166 Å². The molecule has 2 heterocycles. The minimum absolute atomic E-state index is 0.140. The van der Waals surface area contributed by atoms with Crippen LogP contribution in [0.1, 0.15) is 80.3 Å². The summed E-state index contributed by atoms with van der Waals surface area (Å²) in [6.45, 7) is 7.03. The Hall–Kier alpha value is -2.38. The fourth-order valence-electron chi connectivity index (χ4n) is 4.07. The highest BCUT2D eigenvalue weighted by atomic mass is 16.2. The highest BCUT2D eigenvalue weighted by molar-refractivity contribution is 6.01. The van der Waals surface area contributed by atoms with Crippen molar-refractivity contribution in [1.29, 1.82) is 0 Å². The molecule has 2 aliphatic rings. The van der Waals surface area contributed by atoms with Crippen LogP contribution in [0.25, 0.3) is 0 Å². The van der Waals surface area contributed by atoms with E-state index in [1.54, 1.807) is 11.8 Å². The quantitative estimate of drug-likeness (QED) is 0.742. The number of nitrogens with one attached hydrogen (secondary N) is 2. The summed E-state index contributed by atoms with van der Waals surface area (Å²) < 4.78 is 1.52. The summed E-state index contributed by atoms with van der Waals surface area (Å²) >= 11 is 0. The van der Waals surface area contributed by atoms with Crippen molar-refractivity contribution in [3.63, 3.8) is 0 Å². The largest absolute Gasteiger partial charge is 0.351 e. The molecule has 1 aromatic rings. The minimum atomic E-state index is -1.02. The van der Waals surface area contributed by atoms with Crippen molar-refractivity contribution in [2.24, 2.45) is 0 Å². The molecule has 1 saturated carbocycles. The summed E-state index contributed by atoms with van der Waals surface area (Å²) in [5.41, 5.74) is -0.443. The maximum atomic E-state index is 13.2. The average molecular weight is 390 g/mol. The van der Waals surface area contributed by atoms with Crippen molar-refractivity contribution in [2.75, 3.05) is 13.1 Å². The molecule has 3 rings (SSSR count). The minimum Gasteiger partial charge on any atom is -0.351 e. The number of carbonyl (C=O) groups excluding carboxylic acids is 3. The lowest BCUT2D eigenvalue weighted by Gasteiger charge is -2.43. The Morgan fingerprint density at radius 1 is 1.25 bits per heavy atom. The molecule has 0 radical (unpaired) electrons. The number of nitrogens with zero attached hydrogens (tertiary/aromatic N) is 3. The first kappa shape index (κ1) is 20.4. The molecular weight excluding hydrogens is 358 g/mol. The van der Waals surface area contributed by atoms with Crippen LogP contribution >= 0.6 is 0 Å². The van der Waals surface area contributed by atoms with Crippen molar-refractivity contribution in [1.82, 2.24) is 25.3 Å². The predicted molar refractivity (Wildman–Crippen MR) is 105 cm³/mol. The second kappa shape index (κ2) is 8.32. The molecule has 8 nitrogen and oxygen atoms in total. The molecule has 1 atom stereocenters. The lowest BCUT2D eigenvalue weighted by Crippen LogP contribution is -2.65. The molecular formula is C20H31N5O3. The molecule has 1 aliphatic heterocycles. The van der Waals surface area contributed by atoms with Crippen LogP contribution in [0.4, 0.5) is 0 Å². The van der Waals surface area contributed by atoms with Crippen LogP contribution in [0.15, 0.2) is 6.07 Å². The van der Waals surface area contributed by atoms with Gasteiger partial charge in [0.25, 0.3) is 11.8 Å². The molecule has 0 unspecified atom stereocenters. The second-order valence-corrected chi connectivity index (χ2v) is 8.01. The van der Waals surface area contributed by atoms with Gasteiger partial charge < -0.3 is 15.5 Å². The fraction of sp³-hybridized carbons (Fsp3) is 0.700. The zero-order valence-corrected chi connectivity index (χ0v) is 17.1. The van der Waals surface area contributed by atoms with Gasteiger partial charge in [-0.2, -0.15) is 5.10 Å². The van der Waals surface area contributed by atoms with E-state index in [1.807, 2.05) is 13.8 Å². The zero-order chi connectivity index (χ0) is 20.3. The molecule has 0 saturated heterocycles. The van der Waals surface area contributed by atoms with E-state index in [2.05, 4.69) is 15.7 Å². The summed E-state index contributed by atoms with van der Waals surface area (Å²) in [5.74, 6) is -0.686. The van der Waals surface area contributed by atoms with Crippen molar-refractivity contribution in [3.05, 3.63) is 17.5 Å². The number of fused-ring (bicyclic) bond motifs is 1. The summed E-state index contributed by atoms with van der Waals surface area (Å²) in [7, 11) is 0. The molecule has 3 amide bonds. The number of carbonyl (C=O) groups is 3. The Bertz CT molecular complexity index is 753. The fourth-order valence-corrected chi connectivity index (χ4v) is 4.07. The lowest BCUT2D eigenvalue weighted by molar-refractivity contribution is -0.133. The topological polar surface area (TPSA) is 96.3 Å². The summed E-state index contributed by atoms with van der Waals surface area (Å²) in [5, 5.41) is 10.3. The van der Waals surface area contributed by atoms with E-state index in [4.69, 9.17) is 0 Å². The van der Waals surface area contributed by atoms with Gasteiger partial charge in [-0.3, -0.25) is 19.1 Å². The van der Waals surface area contributed by atoms with Gasteiger partial charge in [-0.1, -0.05) is 26.7 Å². The van der Waals surface area contributed by atoms with E-state index in [1.165, 1.54) is 10.7 Å². The molecule has 1 aromatic heterocycles. The van der Waals surface area contributed by atoms with Gasteiger partial charge in [0.2, 0.25) is 5.91 Å². The monoisotopic (exact) mass is 389 g/mol. The van der Waals surface area contributed by atoms with Crippen molar-refractivity contribution in [3.8, 4) is 0 Å². The highest BCUT2D eigenvalue weighted by Crippen LogP contribution is 2.29. The van der Waals surface area contributed by atoms with Crippen LogP contribution < -0.4 is 10.6 Å². The Morgan fingerprint density at radius 2 is 1.96 bits per heavy atom. The van der Waals surface area contributed by atoms with E-state index < -0.39 is 5.54 Å². The van der Waals surface area contributed by atoms with Crippen molar-refractivity contribution in [2.45, 2.75) is 77.4 Å². The first-order valence-corrected chi connectivity index (χ1v) is 10.4. The Kier molecular flexibility index (Phi) is 6.05. The average Bonchev–Trinajstić information content (AvgIpc) is 3.32. The predicted octanol–water partition coefficient (Wildman–Crippen LogP) is 1.71. The van der Waals surface area contributed by atoms with Crippen LogP contribution in [0.2, 0.25) is 0 Å². The van der Waals surface area contributed by atoms with Crippen molar-refractivity contribution >= 4 is 17.7 Å². The van der Waals surface area contributed by atoms with E-state index in [-0.39, 0.29) is 36.0 Å². The highest BCUT2D eigenvalue weighted by Gasteiger charge is 2.48. The van der Waals surface area contributed by atoms with Crippen LogP contribution in [-0.2, 0) is 11.3 Å². The third kappa shape index (κ3) is 3.77. The lowest BCUT2D eigenvalue weighted by atomic mass is 9.94. The molecule has 154 valence electrons. The van der Waals surface area contributed by atoms with E-state index in [9.17, 15) is 14.4 Å². The zero-order valence-electron chi connectivity index (χ0n) is 17.1. The van der Waals surface area contributed by atoms with Gasteiger partial charge in [0.1, 0.15) is 11.2 Å². The first-order valence-electron chi connectivity index (χ1n) is 10.4. The third-order valence-corrected chi connectivity index (χ3v) is 5.69. The molecule has 8 heteroatoms. The Balaban J connectivity index is 1.88. The molecule has 28 heavy (non-hydrogen) atoms. The summed E-state index contributed by atoms with van der Waals surface area (Å²) in [6, 6.07) is 1.71. The number of rotatable bonds is 7. The SMILES string of the molecule is CCCNC(=O)c1cc2n(n1)C[C@](C)(C(=O)NC1CCCC1)N(CCC)C2=O. The van der Waals surface area contributed by atoms with E-state index in [0.717, 1.165) is 38.5 Å². The maximum Gasteiger partial charge on any atom is 0.273 e. The number of amides is 3. The van der Waals surface area contributed by atoms with Gasteiger partial charge in [0, 0.05) is 25.2 Å². The molecule has 1 fully saturated rings. The van der Waals surface area contributed by atoms with E-state index >= 15 is 0 Å². The van der Waals surface area contributed by atoms with Gasteiger partial charge in [-0.25, -0.2) is 0 Å². The van der Waals surface area contributed by atoms with Gasteiger partial charge in [0.15, 0.2) is 5.69 Å². The standard InChI is InChI=1S/C20H31N5O3/c1-4-10-21-17(26)15-12-16-18(27)24(11-5-2)20(3,13-25(16)23-15)19(28)22-14-8-6-7-9-14/h12,14H,4-11,13H2,1-3H3,(H,21,26)(H,22,28)/t20-/m1/s1. The van der Waals surface area contributed by atoms with Crippen LogP contribution in [-0.4, -0.2) is 57.1 Å². The molecule has 0 bridgehead atoms. The second-order valence-electron chi connectivity index (χ2n) is 8.01. The first-order chi connectivity index (χ1) is 13.4. The summed E-state index contributed by atoms with van der Waals surface area (Å²) in [4.78, 5) is 40.3. The van der Waals surface area contributed by atoms with Gasteiger partial charge in [-0.05, 0) is 32.6 Å². The smallest absolute Gasteiger partial charge is 0.273 e. The normalized spacial score (nSPS) is 22.2. The molecule has 1 aliphatic carbocycles. The van der Waals surface area contributed by atoms with Crippen molar-refractivity contribution < 1.29 is 14.4 Å². The van der Waals surface area contributed by atoms with Crippen LogP contribution in [0, 0.1) is 0 Å². The Morgan fingerprint density at radius 3 is 2.61 bits per heavy atom. The molecule has 0 aromatic carbocycles. The number of aromatic nitrogens is 2. The molecule has 2 N–H and O–H groups in total. The van der Waals surface area contributed by atoms with Crippen LogP contribution in [0.3, 0.4) is 0 Å². The number of hydrogen-bond acceptors (Lipinski definition) is 4. The van der Waals surface area contributed by atoms with Gasteiger partial charge in [-0.15, -0.1) is 0 Å². The number of hydrogen-bond donors (Lipinski definition) is 2.